The molecule has 90 valence electrons. The summed E-state index contributed by atoms with van der Waals surface area (Å²) >= 11 is 5.99. The Morgan fingerprint density at radius 3 is 2.69 bits per heavy atom. The molecule has 1 aromatic rings. The lowest BCUT2D eigenvalue weighted by molar-refractivity contribution is 0.380. The first kappa shape index (κ1) is 13.0. The van der Waals surface area contributed by atoms with Gasteiger partial charge in [0.15, 0.2) is 5.82 Å². The first-order valence-electron chi connectivity index (χ1n) is 5.36. The summed E-state index contributed by atoms with van der Waals surface area (Å²) in [4.78, 5) is 8.08. The van der Waals surface area contributed by atoms with Crippen molar-refractivity contribution >= 4 is 17.4 Å². The summed E-state index contributed by atoms with van der Waals surface area (Å²) in [6.45, 7) is 6.46. The highest BCUT2D eigenvalue weighted by atomic mass is 35.5. The van der Waals surface area contributed by atoms with Crippen molar-refractivity contribution in [1.82, 2.24) is 9.97 Å². The van der Waals surface area contributed by atoms with Gasteiger partial charge in [-0.25, -0.2) is 4.98 Å². The van der Waals surface area contributed by atoms with E-state index in [4.69, 9.17) is 16.3 Å². The lowest BCUT2D eigenvalue weighted by Crippen LogP contribution is -2.18. The molecule has 1 aromatic heterocycles. The maximum atomic E-state index is 5.99. The van der Waals surface area contributed by atoms with Crippen molar-refractivity contribution in [2.24, 2.45) is 5.92 Å². The number of anilines is 1. The Morgan fingerprint density at radius 2 is 2.12 bits per heavy atom. The smallest absolute Gasteiger partial charge is 0.318 e. The second-order valence-electron chi connectivity index (χ2n) is 4.23. The fourth-order valence-corrected chi connectivity index (χ4v) is 1.70. The molecule has 0 aliphatic heterocycles. The predicted molar refractivity (Wildman–Crippen MR) is 66.1 cm³/mol. The van der Waals surface area contributed by atoms with Crippen LogP contribution in [0.1, 0.15) is 27.2 Å². The summed E-state index contributed by atoms with van der Waals surface area (Å²) < 4.78 is 4.95. The second-order valence-corrected chi connectivity index (χ2v) is 4.64. The highest BCUT2D eigenvalue weighted by molar-refractivity contribution is 6.32. The van der Waals surface area contributed by atoms with E-state index in [1.54, 1.807) is 0 Å². The molecule has 1 N–H and O–H groups in total. The molecule has 4 nitrogen and oxygen atoms in total. The van der Waals surface area contributed by atoms with Gasteiger partial charge in [0.05, 0.1) is 13.3 Å². The number of halogens is 1. The minimum absolute atomic E-state index is 0.317. The standard InChI is InChI=1S/C11H18ClN3O/c1-7(2)5-8(3)14-10-9(12)6-13-11(15-10)16-4/h6-8H,5H2,1-4H3,(H,13,14,15). The third-order valence-electron chi connectivity index (χ3n) is 2.11. The highest BCUT2D eigenvalue weighted by Gasteiger charge is 2.10. The zero-order valence-corrected chi connectivity index (χ0v) is 10.9. The van der Waals surface area contributed by atoms with E-state index in [1.807, 2.05) is 0 Å². The molecule has 0 fully saturated rings. The van der Waals surface area contributed by atoms with E-state index in [0.717, 1.165) is 6.42 Å². The Morgan fingerprint density at radius 1 is 1.44 bits per heavy atom. The Kier molecular flexibility index (Phi) is 4.80. The minimum atomic E-state index is 0.317. The monoisotopic (exact) mass is 243 g/mol. The van der Waals surface area contributed by atoms with Gasteiger partial charge in [-0.15, -0.1) is 0 Å². The van der Waals surface area contributed by atoms with Crippen molar-refractivity contribution in [3.63, 3.8) is 0 Å². The zero-order chi connectivity index (χ0) is 12.1. The van der Waals surface area contributed by atoms with Crippen LogP contribution in [0.5, 0.6) is 6.01 Å². The number of rotatable bonds is 5. The Balaban J connectivity index is 2.71. The van der Waals surface area contributed by atoms with Crippen LogP contribution in [-0.4, -0.2) is 23.1 Å². The normalized spacial score (nSPS) is 12.6. The van der Waals surface area contributed by atoms with Crippen molar-refractivity contribution in [2.75, 3.05) is 12.4 Å². The summed E-state index contributed by atoms with van der Waals surface area (Å²) in [5, 5.41) is 3.76. The number of nitrogens with one attached hydrogen (secondary N) is 1. The van der Waals surface area contributed by atoms with Gasteiger partial charge in [0.25, 0.3) is 0 Å². The van der Waals surface area contributed by atoms with E-state index < -0.39 is 0 Å². The third kappa shape index (κ3) is 3.85. The van der Waals surface area contributed by atoms with Crippen LogP contribution in [-0.2, 0) is 0 Å². The van der Waals surface area contributed by atoms with Gasteiger partial charge in [-0.1, -0.05) is 25.4 Å². The van der Waals surface area contributed by atoms with Crippen molar-refractivity contribution < 1.29 is 4.74 Å². The number of hydrogen-bond donors (Lipinski definition) is 1. The van der Waals surface area contributed by atoms with Gasteiger partial charge in [0, 0.05) is 6.04 Å². The molecule has 0 bridgehead atoms. The van der Waals surface area contributed by atoms with Crippen LogP contribution in [0.4, 0.5) is 5.82 Å². The maximum Gasteiger partial charge on any atom is 0.318 e. The molecule has 0 spiro atoms. The molecule has 0 radical (unpaired) electrons. The zero-order valence-electron chi connectivity index (χ0n) is 10.1. The summed E-state index contributed by atoms with van der Waals surface area (Å²) in [7, 11) is 1.53. The average molecular weight is 244 g/mol. The SMILES string of the molecule is COc1ncc(Cl)c(NC(C)CC(C)C)n1. The molecule has 5 heteroatoms. The minimum Gasteiger partial charge on any atom is -0.467 e. The van der Waals surface area contributed by atoms with Crippen LogP contribution in [0.25, 0.3) is 0 Å². The molecule has 0 saturated carbocycles. The van der Waals surface area contributed by atoms with Gasteiger partial charge in [-0.05, 0) is 19.3 Å². The quantitative estimate of drug-likeness (QED) is 0.864. The average Bonchev–Trinajstić information content (AvgIpc) is 2.20. The molecular weight excluding hydrogens is 226 g/mol. The molecule has 16 heavy (non-hydrogen) atoms. The number of hydrogen-bond acceptors (Lipinski definition) is 4. The number of nitrogens with zero attached hydrogens (tertiary/aromatic N) is 2. The fraction of sp³-hybridized carbons (Fsp3) is 0.636. The Hall–Kier alpha value is -1.03. The predicted octanol–water partition coefficient (Wildman–Crippen LogP) is 2.99. The molecule has 0 aromatic carbocycles. The first-order valence-corrected chi connectivity index (χ1v) is 5.73. The molecule has 0 amide bonds. The lowest BCUT2D eigenvalue weighted by atomic mass is 10.1. The van der Waals surface area contributed by atoms with Gasteiger partial charge in [-0.2, -0.15) is 4.98 Å². The number of methoxy groups -OCH3 is 1. The summed E-state index contributed by atoms with van der Waals surface area (Å²) in [5.74, 6) is 1.26. The van der Waals surface area contributed by atoms with Gasteiger partial charge in [0.1, 0.15) is 5.02 Å². The van der Waals surface area contributed by atoms with Gasteiger partial charge in [0.2, 0.25) is 0 Å². The van der Waals surface area contributed by atoms with E-state index >= 15 is 0 Å². The lowest BCUT2D eigenvalue weighted by Gasteiger charge is -2.17. The molecule has 1 unspecified atom stereocenters. The van der Waals surface area contributed by atoms with Gasteiger partial charge >= 0.3 is 6.01 Å². The van der Waals surface area contributed by atoms with Crippen LogP contribution in [0.3, 0.4) is 0 Å². The second kappa shape index (κ2) is 5.89. The first-order chi connectivity index (χ1) is 7.52. The van der Waals surface area contributed by atoms with Crippen LogP contribution >= 0.6 is 11.6 Å². The summed E-state index contributed by atoms with van der Waals surface area (Å²) in [6, 6.07) is 0.640. The largest absolute Gasteiger partial charge is 0.467 e. The van der Waals surface area contributed by atoms with Crippen molar-refractivity contribution in [3.8, 4) is 6.01 Å². The summed E-state index contributed by atoms with van der Waals surface area (Å²) in [5.41, 5.74) is 0. The van der Waals surface area contributed by atoms with Crippen molar-refractivity contribution in [3.05, 3.63) is 11.2 Å². The van der Waals surface area contributed by atoms with Gasteiger partial charge < -0.3 is 10.1 Å². The van der Waals surface area contributed by atoms with E-state index in [-0.39, 0.29) is 0 Å². The van der Waals surface area contributed by atoms with E-state index in [0.29, 0.717) is 28.8 Å². The molecular formula is C11H18ClN3O. The Bertz CT molecular complexity index is 344. The fourth-order valence-electron chi connectivity index (χ4n) is 1.55. The van der Waals surface area contributed by atoms with Crippen molar-refractivity contribution in [1.29, 1.82) is 0 Å². The third-order valence-corrected chi connectivity index (χ3v) is 2.39. The Labute approximate surface area is 101 Å². The van der Waals surface area contributed by atoms with Crippen LogP contribution in [0, 0.1) is 5.92 Å². The number of aromatic nitrogens is 2. The highest BCUT2D eigenvalue weighted by Crippen LogP contribution is 2.21. The van der Waals surface area contributed by atoms with Gasteiger partial charge in [-0.3, -0.25) is 0 Å². The topological polar surface area (TPSA) is 47.0 Å². The van der Waals surface area contributed by atoms with Crippen molar-refractivity contribution in [2.45, 2.75) is 33.2 Å². The van der Waals surface area contributed by atoms with E-state index in [2.05, 4.69) is 36.1 Å². The van der Waals surface area contributed by atoms with Crippen LogP contribution in [0.2, 0.25) is 5.02 Å². The van der Waals surface area contributed by atoms with Crippen LogP contribution in [0.15, 0.2) is 6.20 Å². The van der Waals surface area contributed by atoms with E-state index in [9.17, 15) is 0 Å². The molecule has 0 aliphatic carbocycles. The molecule has 0 aliphatic rings. The molecule has 1 heterocycles. The van der Waals surface area contributed by atoms with E-state index in [1.165, 1.54) is 13.3 Å². The summed E-state index contributed by atoms with van der Waals surface area (Å²) in [6.07, 6.45) is 2.60. The molecule has 1 atom stereocenters. The number of ether oxygens (including phenoxy) is 1. The van der Waals surface area contributed by atoms with Crippen LogP contribution < -0.4 is 10.1 Å². The molecule has 0 saturated heterocycles. The maximum absolute atomic E-state index is 5.99. The molecule has 1 rings (SSSR count).